The average molecular weight is 327 g/mol. The SMILES string of the molecule is O=C1N[C@H]2CCCC[C@H]2N[C@@H]1CC(=O)N1CCCc2ccccc21. The number of para-hydroxylation sites is 1. The molecule has 2 aliphatic heterocycles. The van der Waals surface area contributed by atoms with Crippen LogP contribution in [0.3, 0.4) is 0 Å². The molecule has 2 heterocycles. The van der Waals surface area contributed by atoms with Crippen LogP contribution < -0.4 is 15.5 Å². The molecular weight excluding hydrogens is 302 g/mol. The summed E-state index contributed by atoms with van der Waals surface area (Å²) < 4.78 is 0. The van der Waals surface area contributed by atoms with Gasteiger partial charge < -0.3 is 15.5 Å². The molecule has 0 radical (unpaired) electrons. The van der Waals surface area contributed by atoms with Crippen molar-refractivity contribution >= 4 is 17.5 Å². The number of hydrogen-bond acceptors (Lipinski definition) is 3. The van der Waals surface area contributed by atoms with Crippen molar-refractivity contribution in [2.45, 2.75) is 63.1 Å². The van der Waals surface area contributed by atoms with Crippen LogP contribution in [0.4, 0.5) is 5.69 Å². The fourth-order valence-electron chi connectivity index (χ4n) is 4.35. The highest BCUT2D eigenvalue weighted by atomic mass is 16.2. The maximum Gasteiger partial charge on any atom is 0.237 e. The topological polar surface area (TPSA) is 61.4 Å². The van der Waals surface area contributed by atoms with E-state index in [0.717, 1.165) is 37.9 Å². The zero-order chi connectivity index (χ0) is 16.5. The normalized spacial score (nSPS) is 29.4. The lowest BCUT2D eigenvalue weighted by Crippen LogP contribution is -2.65. The summed E-state index contributed by atoms with van der Waals surface area (Å²) in [6.07, 6.45) is 6.75. The summed E-state index contributed by atoms with van der Waals surface area (Å²) in [5.41, 5.74) is 2.24. The van der Waals surface area contributed by atoms with Gasteiger partial charge in [-0.2, -0.15) is 0 Å². The van der Waals surface area contributed by atoms with E-state index >= 15 is 0 Å². The maximum absolute atomic E-state index is 12.8. The predicted molar refractivity (Wildman–Crippen MR) is 92.8 cm³/mol. The van der Waals surface area contributed by atoms with Gasteiger partial charge >= 0.3 is 0 Å². The molecule has 4 rings (SSSR count). The fraction of sp³-hybridized carbons (Fsp3) is 0.579. The molecule has 3 aliphatic rings. The molecule has 2 amide bonds. The predicted octanol–water partition coefficient (Wildman–Crippen LogP) is 1.76. The maximum atomic E-state index is 12.8. The molecule has 3 atom stereocenters. The molecule has 2 fully saturated rings. The van der Waals surface area contributed by atoms with Crippen molar-refractivity contribution in [1.29, 1.82) is 0 Å². The number of carbonyl (C=O) groups excluding carboxylic acids is 2. The van der Waals surface area contributed by atoms with Gasteiger partial charge in [0.15, 0.2) is 0 Å². The summed E-state index contributed by atoms with van der Waals surface area (Å²) in [5.74, 6) is 0.0286. The lowest BCUT2D eigenvalue weighted by Gasteiger charge is -2.41. The first-order valence-corrected chi connectivity index (χ1v) is 9.17. The highest BCUT2D eigenvalue weighted by molar-refractivity contribution is 5.98. The van der Waals surface area contributed by atoms with Gasteiger partial charge in [0, 0.05) is 24.3 Å². The molecule has 1 aliphatic carbocycles. The van der Waals surface area contributed by atoms with Crippen molar-refractivity contribution in [3.05, 3.63) is 29.8 Å². The minimum absolute atomic E-state index is 0.0169. The van der Waals surface area contributed by atoms with E-state index < -0.39 is 6.04 Å². The number of nitrogens with zero attached hydrogens (tertiary/aromatic N) is 1. The second-order valence-electron chi connectivity index (χ2n) is 7.21. The van der Waals surface area contributed by atoms with Crippen molar-refractivity contribution in [2.75, 3.05) is 11.4 Å². The molecule has 0 bridgehead atoms. The van der Waals surface area contributed by atoms with Crippen LogP contribution in [0.25, 0.3) is 0 Å². The van der Waals surface area contributed by atoms with Gasteiger partial charge in [-0.1, -0.05) is 31.0 Å². The number of carbonyl (C=O) groups is 2. The summed E-state index contributed by atoms with van der Waals surface area (Å²) >= 11 is 0. The summed E-state index contributed by atoms with van der Waals surface area (Å²) in [5, 5.41) is 6.56. The number of piperazine rings is 1. The number of fused-ring (bicyclic) bond motifs is 2. The van der Waals surface area contributed by atoms with Crippen LogP contribution in [0.2, 0.25) is 0 Å². The Morgan fingerprint density at radius 1 is 1.12 bits per heavy atom. The van der Waals surface area contributed by atoms with Crippen LogP contribution in [-0.2, 0) is 16.0 Å². The smallest absolute Gasteiger partial charge is 0.237 e. The Hall–Kier alpha value is -1.88. The van der Waals surface area contributed by atoms with Crippen molar-refractivity contribution < 1.29 is 9.59 Å². The fourth-order valence-corrected chi connectivity index (χ4v) is 4.35. The molecule has 24 heavy (non-hydrogen) atoms. The van der Waals surface area contributed by atoms with E-state index in [1.54, 1.807) is 0 Å². The number of nitrogens with one attached hydrogen (secondary N) is 2. The molecule has 5 heteroatoms. The van der Waals surface area contributed by atoms with Gasteiger partial charge in [-0.25, -0.2) is 0 Å². The number of benzene rings is 1. The lowest BCUT2D eigenvalue weighted by atomic mass is 9.87. The van der Waals surface area contributed by atoms with Crippen molar-refractivity contribution in [1.82, 2.24) is 10.6 Å². The number of rotatable bonds is 2. The molecule has 1 aromatic carbocycles. The third kappa shape index (κ3) is 2.93. The molecule has 0 unspecified atom stereocenters. The van der Waals surface area contributed by atoms with Crippen LogP contribution in [0.15, 0.2) is 24.3 Å². The highest BCUT2D eigenvalue weighted by Gasteiger charge is 2.38. The highest BCUT2D eigenvalue weighted by Crippen LogP contribution is 2.28. The minimum Gasteiger partial charge on any atom is -0.350 e. The van der Waals surface area contributed by atoms with Gasteiger partial charge in [-0.05, 0) is 37.3 Å². The zero-order valence-corrected chi connectivity index (χ0v) is 14.0. The van der Waals surface area contributed by atoms with E-state index in [4.69, 9.17) is 0 Å². The van der Waals surface area contributed by atoms with Gasteiger partial charge in [0.2, 0.25) is 11.8 Å². The Balaban J connectivity index is 1.45. The monoisotopic (exact) mass is 327 g/mol. The Labute approximate surface area is 142 Å². The van der Waals surface area contributed by atoms with Gasteiger partial charge in [0.1, 0.15) is 0 Å². The first-order chi connectivity index (χ1) is 11.7. The lowest BCUT2D eigenvalue weighted by molar-refractivity contribution is -0.130. The number of hydrogen-bond donors (Lipinski definition) is 2. The van der Waals surface area contributed by atoms with Crippen molar-refractivity contribution in [3.63, 3.8) is 0 Å². The van der Waals surface area contributed by atoms with E-state index in [1.807, 2.05) is 23.1 Å². The third-order valence-corrected chi connectivity index (χ3v) is 5.62. The summed E-state index contributed by atoms with van der Waals surface area (Å²) in [6, 6.07) is 8.27. The molecule has 1 saturated carbocycles. The minimum atomic E-state index is -0.397. The van der Waals surface area contributed by atoms with Crippen LogP contribution >= 0.6 is 0 Å². The van der Waals surface area contributed by atoms with Crippen molar-refractivity contribution in [3.8, 4) is 0 Å². The molecule has 2 N–H and O–H groups in total. The average Bonchev–Trinajstić information content (AvgIpc) is 2.62. The van der Waals surface area contributed by atoms with E-state index in [0.29, 0.717) is 6.04 Å². The Bertz CT molecular complexity index is 645. The third-order valence-electron chi connectivity index (χ3n) is 5.62. The summed E-state index contributed by atoms with van der Waals surface area (Å²) in [6.45, 7) is 0.746. The summed E-state index contributed by atoms with van der Waals surface area (Å²) in [7, 11) is 0. The number of anilines is 1. The van der Waals surface area contributed by atoms with Gasteiger partial charge in [-0.15, -0.1) is 0 Å². The van der Waals surface area contributed by atoms with E-state index in [2.05, 4.69) is 16.7 Å². The van der Waals surface area contributed by atoms with Crippen LogP contribution in [0, 0.1) is 0 Å². The van der Waals surface area contributed by atoms with Gasteiger partial charge in [-0.3, -0.25) is 9.59 Å². The molecule has 5 nitrogen and oxygen atoms in total. The van der Waals surface area contributed by atoms with Crippen molar-refractivity contribution in [2.24, 2.45) is 0 Å². The van der Waals surface area contributed by atoms with Crippen LogP contribution in [0.1, 0.15) is 44.1 Å². The van der Waals surface area contributed by atoms with E-state index in [9.17, 15) is 9.59 Å². The quantitative estimate of drug-likeness (QED) is 0.870. The molecule has 0 aromatic heterocycles. The first kappa shape index (κ1) is 15.6. The zero-order valence-electron chi connectivity index (χ0n) is 14.0. The van der Waals surface area contributed by atoms with Crippen LogP contribution in [-0.4, -0.2) is 36.5 Å². The molecule has 1 aromatic rings. The Kier molecular flexibility index (Phi) is 4.27. The standard InChI is InChI=1S/C19H25N3O2/c23-18(22-11-5-7-13-6-1-4-10-17(13)22)12-16-19(24)21-15-9-3-2-8-14(15)20-16/h1,4,6,10,14-16,20H,2-3,5,7-9,11-12H2,(H,21,24)/t14-,15+,16-/m1/s1. The molecule has 1 saturated heterocycles. The number of amides is 2. The second-order valence-corrected chi connectivity index (χ2v) is 7.21. The Morgan fingerprint density at radius 3 is 2.79 bits per heavy atom. The molecule has 128 valence electrons. The largest absolute Gasteiger partial charge is 0.350 e. The molecule has 0 spiro atoms. The Morgan fingerprint density at radius 2 is 1.92 bits per heavy atom. The van der Waals surface area contributed by atoms with Gasteiger partial charge in [0.05, 0.1) is 12.5 Å². The van der Waals surface area contributed by atoms with E-state index in [1.165, 1.54) is 18.4 Å². The first-order valence-electron chi connectivity index (χ1n) is 9.17. The second kappa shape index (κ2) is 6.55. The molecular formula is C19H25N3O2. The summed E-state index contributed by atoms with van der Waals surface area (Å²) in [4.78, 5) is 27.1. The van der Waals surface area contributed by atoms with Crippen LogP contribution in [0.5, 0.6) is 0 Å². The number of aryl methyl sites for hydroxylation is 1. The van der Waals surface area contributed by atoms with Gasteiger partial charge in [0.25, 0.3) is 0 Å². The van der Waals surface area contributed by atoms with E-state index in [-0.39, 0.29) is 24.3 Å².